The highest BCUT2D eigenvalue weighted by Gasteiger charge is 2.24. The summed E-state index contributed by atoms with van der Waals surface area (Å²) in [5, 5.41) is 5.64. The number of halogens is 1. The summed E-state index contributed by atoms with van der Waals surface area (Å²) in [7, 11) is 1.55. The Morgan fingerprint density at radius 2 is 1.92 bits per heavy atom. The number of aromatic nitrogens is 1. The van der Waals surface area contributed by atoms with Crippen molar-refractivity contribution in [2.75, 3.05) is 11.9 Å². The van der Waals surface area contributed by atoms with Gasteiger partial charge < -0.3 is 10.6 Å². The summed E-state index contributed by atoms with van der Waals surface area (Å²) >= 11 is 0. The molecule has 0 radical (unpaired) electrons. The molecule has 0 saturated carbocycles. The molecule has 1 aromatic heterocycles. The fraction of sp³-hybridized carbons (Fsp3) is 0.333. The Kier molecular flexibility index (Phi) is 5.39. The number of aryl methyl sites for hydroxylation is 1. The molecule has 1 amide bonds. The number of benzene rings is 1. The van der Waals surface area contributed by atoms with Crippen LogP contribution in [0.5, 0.6) is 0 Å². The topological polar surface area (TPSA) is 63.1 Å². The van der Waals surface area contributed by atoms with Gasteiger partial charge in [-0.3, -0.25) is 14.2 Å². The van der Waals surface area contributed by atoms with Crippen molar-refractivity contribution < 1.29 is 9.18 Å². The second-order valence-corrected chi connectivity index (χ2v) is 5.40. The van der Waals surface area contributed by atoms with Crippen molar-refractivity contribution in [3.8, 4) is 0 Å². The van der Waals surface area contributed by atoms with Crippen LogP contribution in [0.25, 0.3) is 0 Å². The molecule has 128 valence electrons. The van der Waals surface area contributed by atoms with Gasteiger partial charge in [-0.1, -0.05) is 19.9 Å². The Bertz CT molecular complexity index is 828. The number of pyridine rings is 1. The number of carbonyl (C=O) groups is 1. The standard InChI is InChI=1S/C16H16FN3O2.C2H6/c1-9-3-4-12(11(17)7-9)19-15-14-10(5-6-18-16(14)22)8-13(21)20(15)2;1-2/h3-4,7-8,19H,5-6H2,1-2H3,(H,18,22);1-2H3. The Balaban J connectivity index is 0.00000100. The number of hydrogen-bond donors (Lipinski definition) is 2. The van der Waals surface area contributed by atoms with E-state index in [0.29, 0.717) is 29.9 Å². The largest absolute Gasteiger partial charge is 0.352 e. The highest BCUT2D eigenvalue weighted by atomic mass is 19.1. The second-order valence-electron chi connectivity index (χ2n) is 5.40. The van der Waals surface area contributed by atoms with Crippen LogP contribution in [-0.2, 0) is 13.5 Å². The van der Waals surface area contributed by atoms with Gasteiger partial charge in [-0.25, -0.2) is 4.39 Å². The summed E-state index contributed by atoms with van der Waals surface area (Å²) in [6, 6.07) is 6.22. The third-order valence-corrected chi connectivity index (χ3v) is 3.81. The van der Waals surface area contributed by atoms with E-state index in [0.717, 1.165) is 5.56 Å². The minimum Gasteiger partial charge on any atom is -0.352 e. The van der Waals surface area contributed by atoms with Crippen molar-refractivity contribution in [1.29, 1.82) is 0 Å². The van der Waals surface area contributed by atoms with Gasteiger partial charge >= 0.3 is 0 Å². The number of amides is 1. The summed E-state index contributed by atoms with van der Waals surface area (Å²) in [4.78, 5) is 24.2. The molecule has 5 nitrogen and oxygen atoms in total. The van der Waals surface area contributed by atoms with Crippen molar-refractivity contribution in [2.24, 2.45) is 7.05 Å². The molecule has 0 unspecified atom stereocenters. The number of anilines is 2. The summed E-state index contributed by atoms with van der Waals surface area (Å²) in [6.07, 6.45) is 0.586. The average molecular weight is 331 g/mol. The Morgan fingerprint density at radius 3 is 2.58 bits per heavy atom. The van der Waals surface area contributed by atoms with Gasteiger partial charge in [0.1, 0.15) is 11.6 Å². The normalized spacial score (nSPS) is 12.6. The van der Waals surface area contributed by atoms with Gasteiger partial charge in [-0.05, 0) is 36.6 Å². The average Bonchev–Trinajstić information content (AvgIpc) is 2.56. The fourth-order valence-electron chi connectivity index (χ4n) is 2.59. The first-order valence-electron chi connectivity index (χ1n) is 8.01. The third-order valence-electron chi connectivity index (χ3n) is 3.81. The van der Waals surface area contributed by atoms with Gasteiger partial charge in [0.15, 0.2) is 0 Å². The molecule has 0 atom stereocenters. The summed E-state index contributed by atoms with van der Waals surface area (Å²) in [6.45, 7) is 6.29. The van der Waals surface area contributed by atoms with E-state index in [4.69, 9.17) is 0 Å². The van der Waals surface area contributed by atoms with E-state index in [-0.39, 0.29) is 17.2 Å². The quantitative estimate of drug-likeness (QED) is 0.889. The van der Waals surface area contributed by atoms with Crippen LogP contribution in [-0.4, -0.2) is 17.0 Å². The van der Waals surface area contributed by atoms with E-state index < -0.39 is 5.82 Å². The SMILES string of the molecule is CC.Cc1ccc(Nc2c3c(cc(=O)n2C)CCNC3=O)c(F)c1. The molecule has 0 fully saturated rings. The van der Waals surface area contributed by atoms with E-state index in [9.17, 15) is 14.0 Å². The molecule has 3 rings (SSSR count). The number of rotatable bonds is 2. The molecule has 2 N–H and O–H groups in total. The zero-order chi connectivity index (χ0) is 17.9. The Hall–Kier alpha value is -2.63. The summed E-state index contributed by atoms with van der Waals surface area (Å²) in [5.74, 6) is -0.379. The van der Waals surface area contributed by atoms with Gasteiger partial charge in [0.25, 0.3) is 11.5 Å². The lowest BCUT2D eigenvalue weighted by molar-refractivity contribution is 0.0946. The first kappa shape index (κ1) is 17.7. The summed E-state index contributed by atoms with van der Waals surface area (Å²) < 4.78 is 15.4. The molecule has 0 spiro atoms. The van der Waals surface area contributed by atoms with E-state index in [1.807, 2.05) is 13.8 Å². The van der Waals surface area contributed by atoms with Crippen LogP contribution in [0.3, 0.4) is 0 Å². The molecule has 0 aliphatic carbocycles. The lowest BCUT2D eigenvalue weighted by Gasteiger charge is -2.22. The smallest absolute Gasteiger partial charge is 0.255 e. The zero-order valence-electron chi connectivity index (χ0n) is 14.4. The van der Waals surface area contributed by atoms with Crippen LogP contribution in [0.15, 0.2) is 29.1 Å². The molecule has 1 aliphatic rings. The highest BCUT2D eigenvalue weighted by Crippen LogP contribution is 2.26. The molecule has 0 saturated heterocycles. The molecule has 24 heavy (non-hydrogen) atoms. The predicted molar refractivity (Wildman–Crippen MR) is 93.5 cm³/mol. The van der Waals surface area contributed by atoms with E-state index in [1.54, 1.807) is 26.1 Å². The number of fused-ring (bicyclic) bond motifs is 1. The fourth-order valence-corrected chi connectivity index (χ4v) is 2.59. The predicted octanol–water partition coefficient (Wildman–Crippen LogP) is 2.89. The van der Waals surface area contributed by atoms with Crippen molar-refractivity contribution in [1.82, 2.24) is 9.88 Å². The second kappa shape index (κ2) is 7.29. The van der Waals surface area contributed by atoms with Gasteiger partial charge in [0.2, 0.25) is 0 Å². The minimum atomic E-state index is -0.429. The molecule has 0 bridgehead atoms. The molecule has 1 aliphatic heterocycles. The van der Waals surface area contributed by atoms with Crippen molar-refractivity contribution >= 4 is 17.4 Å². The van der Waals surface area contributed by atoms with Crippen LogP contribution < -0.4 is 16.2 Å². The van der Waals surface area contributed by atoms with Crippen LogP contribution in [0, 0.1) is 12.7 Å². The lowest BCUT2D eigenvalue weighted by atomic mass is 10.0. The number of nitrogens with zero attached hydrogens (tertiary/aromatic N) is 1. The number of hydrogen-bond acceptors (Lipinski definition) is 3. The number of nitrogens with one attached hydrogen (secondary N) is 2. The zero-order valence-corrected chi connectivity index (χ0v) is 14.4. The molecule has 2 heterocycles. The van der Waals surface area contributed by atoms with Gasteiger partial charge in [-0.15, -0.1) is 0 Å². The van der Waals surface area contributed by atoms with Crippen LogP contribution in [0.1, 0.15) is 35.3 Å². The maximum atomic E-state index is 14.0. The van der Waals surface area contributed by atoms with Crippen molar-refractivity contribution in [3.05, 3.63) is 57.1 Å². The maximum absolute atomic E-state index is 14.0. The van der Waals surface area contributed by atoms with Gasteiger partial charge in [0, 0.05) is 19.7 Å². The van der Waals surface area contributed by atoms with E-state index >= 15 is 0 Å². The molecular formula is C18H22FN3O2. The first-order valence-corrected chi connectivity index (χ1v) is 8.01. The van der Waals surface area contributed by atoms with Crippen LogP contribution in [0.4, 0.5) is 15.9 Å². The van der Waals surface area contributed by atoms with Crippen LogP contribution >= 0.6 is 0 Å². The number of carbonyl (C=O) groups excluding carboxylic acids is 1. The third kappa shape index (κ3) is 3.32. The monoisotopic (exact) mass is 331 g/mol. The molecule has 6 heteroatoms. The molecular weight excluding hydrogens is 309 g/mol. The first-order chi connectivity index (χ1) is 11.5. The minimum absolute atomic E-state index is 0.229. The lowest BCUT2D eigenvalue weighted by Crippen LogP contribution is -2.36. The Morgan fingerprint density at radius 1 is 1.21 bits per heavy atom. The van der Waals surface area contributed by atoms with Gasteiger partial charge in [-0.2, -0.15) is 0 Å². The van der Waals surface area contributed by atoms with Gasteiger partial charge in [0.05, 0.1) is 11.3 Å². The molecule has 1 aromatic carbocycles. The van der Waals surface area contributed by atoms with Crippen LogP contribution in [0.2, 0.25) is 0 Å². The molecule has 2 aromatic rings. The van der Waals surface area contributed by atoms with E-state index in [1.165, 1.54) is 16.7 Å². The van der Waals surface area contributed by atoms with E-state index in [2.05, 4.69) is 10.6 Å². The maximum Gasteiger partial charge on any atom is 0.255 e. The van der Waals surface area contributed by atoms with Crippen molar-refractivity contribution in [3.63, 3.8) is 0 Å². The summed E-state index contributed by atoms with van der Waals surface area (Å²) in [5.41, 5.74) is 1.87. The Labute approximate surface area is 140 Å². The van der Waals surface area contributed by atoms with Crippen molar-refractivity contribution in [2.45, 2.75) is 27.2 Å². The highest BCUT2D eigenvalue weighted by molar-refractivity contribution is 6.01.